The van der Waals surface area contributed by atoms with Gasteiger partial charge in [-0.15, -0.1) is 10.2 Å². The Labute approximate surface area is 146 Å². The fraction of sp³-hybridized carbons (Fsp3) is 0.471. The standard InChI is InChI=1S/C17H21ClN4O2/c1-24-11-16-20-19-12-22(16)14-6-8-21(9-7-14)17(23)10-13-4-2-3-5-15(13)18/h2-5,12,14H,6-11H2,1H3. The Hall–Kier alpha value is -1.92. The number of likely N-dealkylation sites (tertiary alicyclic amines) is 1. The molecule has 0 unspecified atom stereocenters. The Morgan fingerprint density at radius 1 is 1.33 bits per heavy atom. The third-order valence-electron chi connectivity index (χ3n) is 4.43. The van der Waals surface area contributed by atoms with Crippen molar-refractivity contribution in [3.63, 3.8) is 0 Å². The molecule has 0 atom stereocenters. The molecule has 3 rings (SSSR count). The molecule has 0 aliphatic carbocycles. The molecular weight excluding hydrogens is 328 g/mol. The summed E-state index contributed by atoms with van der Waals surface area (Å²) in [5.41, 5.74) is 0.882. The molecule has 1 saturated heterocycles. The smallest absolute Gasteiger partial charge is 0.227 e. The van der Waals surface area contributed by atoms with Gasteiger partial charge in [-0.3, -0.25) is 4.79 Å². The zero-order valence-corrected chi connectivity index (χ0v) is 14.4. The summed E-state index contributed by atoms with van der Waals surface area (Å²) in [5, 5.41) is 8.71. The Balaban J connectivity index is 1.57. The molecule has 0 spiro atoms. The van der Waals surface area contributed by atoms with E-state index in [1.165, 1.54) is 0 Å². The lowest BCUT2D eigenvalue weighted by Gasteiger charge is -2.33. The highest BCUT2D eigenvalue weighted by Gasteiger charge is 2.25. The second kappa shape index (κ2) is 7.77. The number of piperidine rings is 1. The number of hydrogen-bond acceptors (Lipinski definition) is 4. The lowest BCUT2D eigenvalue weighted by Crippen LogP contribution is -2.40. The zero-order valence-electron chi connectivity index (χ0n) is 13.7. The van der Waals surface area contributed by atoms with Gasteiger partial charge in [0.25, 0.3) is 0 Å². The van der Waals surface area contributed by atoms with Gasteiger partial charge in [-0.25, -0.2) is 0 Å². The van der Waals surface area contributed by atoms with Crippen LogP contribution >= 0.6 is 11.6 Å². The van der Waals surface area contributed by atoms with Crippen molar-refractivity contribution in [3.05, 3.63) is 47.0 Å². The first kappa shape index (κ1) is 16.9. The molecule has 1 aromatic carbocycles. The predicted octanol–water partition coefficient (Wildman–Crippen LogP) is 2.48. The molecule has 128 valence electrons. The van der Waals surface area contributed by atoms with Crippen LogP contribution in [0.2, 0.25) is 5.02 Å². The van der Waals surface area contributed by atoms with Crippen LogP contribution in [0, 0.1) is 0 Å². The fourth-order valence-electron chi connectivity index (χ4n) is 3.11. The van der Waals surface area contributed by atoms with E-state index in [2.05, 4.69) is 14.8 Å². The van der Waals surface area contributed by atoms with Crippen LogP contribution in [0.1, 0.15) is 30.3 Å². The zero-order chi connectivity index (χ0) is 16.9. The van der Waals surface area contributed by atoms with E-state index in [0.717, 1.165) is 37.3 Å². The van der Waals surface area contributed by atoms with Gasteiger partial charge in [-0.2, -0.15) is 0 Å². The first-order valence-electron chi connectivity index (χ1n) is 8.07. The fourth-order valence-corrected chi connectivity index (χ4v) is 3.32. The van der Waals surface area contributed by atoms with Gasteiger partial charge in [-0.1, -0.05) is 29.8 Å². The summed E-state index contributed by atoms with van der Waals surface area (Å²) in [6, 6.07) is 7.82. The molecule has 2 heterocycles. The van der Waals surface area contributed by atoms with Crippen LogP contribution < -0.4 is 0 Å². The predicted molar refractivity (Wildman–Crippen MR) is 90.7 cm³/mol. The van der Waals surface area contributed by atoms with Crippen molar-refractivity contribution in [2.75, 3.05) is 20.2 Å². The molecule has 1 fully saturated rings. The van der Waals surface area contributed by atoms with Crippen molar-refractivity contribution < 1.29 is 9.53 Å². The van der Waals surface area contributed by atoms with Gasteiger partial charge in [0.05, 0.1) is 6.42 Å². The highest BCUT2D eigenvalue weighted by atomic mass is 35.5. The molecule has 0 radical (unpaired) electrons. The molecule has 0 saturated carbocycles. The number of hydrogen-bond donors (Lipinski definition) is 0. The lowest BCUT2D eigenvalue weighted by atomic mass is 10.0. The summed E-state index contributed by atoms with van der Waals surface area (Å²) < 4.78 is 7.22. The maximum absolute atomic E-state index is 12.5. The number of benzene rings is 1. The number of ether oxygens (including phenoxy) is 1. The number of halogens is 1. The van der Waals surface area contributed by atoms with Crippen molar-refractivity contribution >= 4 is 17.5 Å². The summed E-state index contributed by atoms with van der Waals surface area (Å²) in [4.78, 5) is 14.4. The molecule has 24 heavy (non-hydrogen) atoms. The molecule has 1 aliphatic rings. The number of nitrogens with zero attached hydrogens (tertiary/aromatic N) is 4. The van der Waals surface area contributed by atoms with Crippen molar-refractivity contribution in [1.82, 2.24) is 19.7 Å². The minimum atomic E-state index is 0.127. The van der Waals surface area contributed by atoms with Gasteiger partial charge in [0.1, 0.15) is 12.9 Å². The average Bonchev–Trinajstić information content (AvgIpc) is 3.06. The highest BCUT2D eigenvalue weighted by Crippen LogP contribution is 2.24. The maximum Gasteiger partial charge on any atom is 0.227 e. The number of methoxy groups -OCH3 is 1. The number of aromatic nitrogens is 3. The first-order valence-corrected chi connectivity index (χ1v) is 8.45. The van der Waals surface area contributed by atoms with E-state index >= 15 is 0 Å². The molecule has 2 aromatic rings. The van der Waals surface area contributed by atoms with Crippen molar-refractivity contribution in [1.29, 1.82) is 0 Å². The third-order valence-corrected chi connectivity index (χ3v) is 4.80. The van der Waals surface area contributed by atoms with E-state index in [1.807, 2.05) is 29.2 Å². The molecule has 0 bridgehead atoms. The Bertz CT molecular complexity index is 695. The largest absolute Gasteiger partial charge is 0.377 e. The number of carbonyl (C=O) groups is 1. The topological polar surface area (TPSA) is 60.3 Å². The normalized spacial score (nSPS) is 15.7. The SMILES string of the molecule is COCc1nncn1C1CCN(C(=O)Cc2ccccc2Cl)CC1. The Morgan fingerprint density at radius 2 is 2.08 bits per heavy atom. The van der Waals surface area contributed by atoms with Crippen molar-refractivity contribution in [2.24, 2.45) is 0 Å². The van der Waals surface area contributed by atoms with Crippen molar-refractivity contribution in [3.8, 4) is 0 Å². The summed E-state index contributed by atoms with van der Waals surface area (Å²) in [6.45, 7) is 1.92. The number of carbonyl (C=O) groups excluding carboxylic acids is 1. The van der Waals surface area contributed by atoms with E-state index in [0.29, 0.717) is 24.1 Å². The van der Waals surface area contributed by atoms with Crippen LogP contribution in [0.4, 0.5) is 0 Å². The number of amides is 1. The van der Waals surface area contributed by atoms with Gasteiger partial charge < -0.3 is 14.2 Å². The number of rotatable bonds is 5. The van der Waals surface area contributed by atoms with Crippen LogP contribution in [0.25, 0.3) is 0 Å². The Morgan fingerprint density at radius 3 is 2.79 bits per heavy atom. The minimum Gasteiger partial charge on any atom is -0.377 e. The van der Waals surface area contributed by atoms with Crippen LogP contribution in [0.5, 0.6) is 0 Å². The van der Waals surface area contributed by atoms with E-state index < -0.39 is 0 Å². The summed E-state index contributed by atoms with van der Waals surface area (Å²) in [5.74, 6) is 0.959. The molecule has 1 amide bonds. The van der Waals surface area contributed by atoms with Crippen LogP contribution in [-0.4, -0.2) is 45.8 Å². The monoisotopic (exact) mass is 348 g/mol. The van der Waals surface area contributed by atoms with Crippen LogP contribution in [0.15, 0.2) is 30.6 Å². The molecule has 0 N–H and O–H groups in total. The molecule has 6 nitrogen and oxygen atoms in total. The van der Waals surface area contributed by atoms with Crippen LogP contribution in [-0.2, 0) is 22.6 Å². The second-order valence-corrected chi connectivity index (χ2v) is 6.37. The van der Waals surface area contributed by atoms with E-state index in [4.69, 9.17) is 16.3 Å². The minimum absolute atomic E-state index is 0.127. The third kappa shape index (κ3) is 3.76. The van der Waals surface area contributed by atoms with Crippen molar-refractivity contribution in [2.45, 2.75) is 31.9 Å². The van der Waals surface area contributed by atoms with E-state index in [-0.39, 0.29) is 5.91 Å². The van der Waals surface area contributed by atoms with Gasteiger partial charge in [0.2, 0.25) is 5.91 Å². The van der Waals surface area contributed by atoms with Gasteiger partial charge in [0, 0.05) is 31.3 Å². The molecule has 1 aliphatic heterocycles. The van der Waals surface area contributed by atoms with Gasteiger partial charge >= 0.3 is 0 Å². The maximum atomic E-state index is 12.5. The van der Waals surface area contributed by atoms with Crippen LogP contribution in [0.3, 0.4) is 0 Å². The molecule has 7 heteroatoms. The second-order valence-electron chi connectivity index (χ2n) is 5.97. The summed E-state index contributed by atoms with van der Waals surface area (Å²) >= 11 is 6.15. The van der Waals surface area contributed by atoms with Gasteiger partial charge in [-0.05, 0) is 24.5 Å². The van der Waals surface area contributed by atoms with Gasteiger partial charge in [0.15, 0.2) is 5.82 Å². The van der Waals surface area contributed by atoms with E-state index in [9.17, 15) is 4.79 Å². The highest BCUT2D eigenvalue weighted by molar-refractivity contribution is 6.31. The van der Waals surface area contributed by atoms with E-state index in [1.54, 1.807) is 13.4 Å². The average molecular weight is 349 g/mol. The summed E-state index contributed by atoms with van der Waals surface area (Å²) in [7, 11) is 1.65. The summed E-state index contributed by atoms with van der Waals surface area (Å²) in [6.07, 6.45) is 3.89. The quantitative estimate of drug-likeness (QED) is 0.833. The first-order chi connectivity index (χ1) is 11.7. The molecule has 1 aromatic heterocycles. The lowest BCUT2D eigenvalue weighted by molar-refractivity contribution is -0.131. The Kier molecular flexibility index (Phi) is 5.48. The molecular formula is C17H21ClN4O2.